The Balaban J connectivity index is 2.41. The zero-order valence-corrected chi connectivity index (χ0v) is 12.7. The van der Waals surface area contributed by atoms with Gasteiger partial charge in [0.2, 0.25) is 5.95 Å². The number of hydrogen-bond donors (Lipinski definition) is 1. The number of hydrogen-bond acceptors (Lipinski definition) is 5. The largest absolute Gasteiger partial charge is 0.480 e. The Hall–Kier alpha value is -2.38. The van der Waals surface area contributed by atoms with Gasteiger partial charge in [-0.2, -0.15) is 10.1 Å². The van der Waals surface area contributed by atoms with Crippen molar-refractivity contribution in [3.63, 3.8) is 0 Å². The number of likely N-dealkylation sites (N-methyl/N-ethyl adjacent to an activating group) is 1. The molecule has 21 heavy (non-hydrogen) atoms. The summed E-state index contributed by atoms with van der Waals surface area (Å²) in [7, 11) is 3.29. The summed E-state index contributed by atoms with van der Waals surface area (Å²) < 4.78 is 1.65. The summed E-state index contributed by atoms with van der Waals surface area (Å²) in [4.78, 5) is 30.9. The van der Waals surface area contributed by atoms with Crippen LogP contribution in [0.1, 0.15) is 26.8 Å². The number of allylic oxidation sites excluding steroid dienone is 1. The molecule has 8 nitrogen and oxygen atoms in total. The van der Waals surface area contributed by atoms with Crippen molar-refractivity contribution in [2.24, 2.45) is 0 Å². The molecule has 1 aromatic rings. The number of carbonyl (C=O) groups excluding carboxylic acids is 1. The van der Waals surface area contributed by atoms with E-state index < -0.39 is 12.0 Å². The Morgan fingerprint density at radius 1 is 1.48 bits per heavy atom. The minimum atomic E-state index is -1.04. The van der Waals surface area contributed by atoms with Crippen molar-refractivity contribution in [3.05, 3.63) is 17.6 Å². The monoisotopic (exact) mass is 293 g/mol. The molecule has 2 atom stereocenters. The second-order valence-electron chi connectivity index (χ2n) is 5.17. The van der Waals surface area contributed by atoms with Crippen molar-refractivity contribution in [1.82, 2.24) is 19.7 Å². The van der Waals surface area contributed by atoms with Crippen LogP contribution in [0.3, 0.4) is 0 Å². The van der Waals surface area contributed by atoms with E-state index in [1.807, 2.05) is 13.8 Å². The van der Waals surface area contributed by atoms with Gasteiger partial charge in [-0.15, -0.1) is 0 Å². The summed E-state index contributed by atoms with van der Waals surface area (Å²) in [5, 5.41) is 13.2. The van der Waals surface area contributed by atoms with Crippen LogP contribution in [0.2, 0.25) is 0 Å². The highest BCUT2D eigenvalue weighted by atomic mass is 16.4. The summed E-state index contributed by atoms with van der Waals surface area (Å²) in [6.45, 7) is 5.15. The van der Waals surface area contributed by atoms with Gasteiger partial charge in [-0.25, -0.2) is 9.48 Å². The normalized spacial score (nSPS) is 19.3. The maximum atomic E-state index is 12.7. The van der Waals surface area contributed by atoms with Gasteiger partial charge in [-0.05, 0) is 20.8 Å². The van der Waals surface area contributed by atoms with Crippen LogP contribution in [0.5, 0.6) is 0 Å². The highest BCUT2D eigenvalue weighted by molar-refractivity contribution is 5.98. The number of anilines is 1. The maximum absolute atomic E-state index is 12.7. The van der Waals surface area contributed by atoms with Crippen LogP contribution in [0, 0.1) is 0 Å². The van der Waals surface area contributed by atoms with Gasteiger partial charge in [0.15, 0.2) is 0 Å². The summed E-state index contributed by atoms with van der Waals surface area (Å²) in [5.41, 5.74) is 1.27. The van der Waals surface area contributed by atoms with E-state index in [2.05, 4.69) is 10.1 Å². The fourth-order valence-electron chi connectivity index (χ4n) is 2.38. The van der Waals surface area contributed by atoms with Gasteiger partial charge < -0.3 is 14.9 Å². The molecule has 1 N–H and O–H groups in total. The summed E-state index contributed by atoms with van der Waals surface area (Å²) >= 11 is 0. The fraction of sp³-hybridized carbons (Fsp3) is 0.538. The van der Waals surface area contributed by atoms with Crippen LogP contribution < -0.4 is 4.90 Å². The molecule has 2 rings (SSSR count). The molecule has 2 unspecified atom stereocenters. The molecule has 114 valence electrons. The van der Waals surface area contributed by atoms with Crippen molar-refractivity contribution < 1.29 is 14.7 Å². The second kappa shape index (κ2) is 5.19. The number of aromatic nitrogens is 3. The molecule has 0 aromatic carbocycles. The van der Waals surface area contributed by atoms with Gasteiger partial charge in [0, 0.05) is 19.8 Å². The lowest BCUT2D eigenvalue weighted by atomic mass is 10.0. The van der Waals surface area contributed by atoms with E-state index in [1.54, 1.807) is 16.6 Å². The molecule has 0 fully saturated rings. The van der Waals surface area contributed by atoms with Gasteiger partial charge in [-0.1, -0.05) is 0 Å². The quantitative estimate of drug-likeness (QED) is 0.872. The second-order valence-corrected chi connectivity index (χ2v) is 5.17. The predicted molar refractivity (Wildman–Crippen MR) is 75.7 cm³/mol. The van der Waals surface area contributed by atoms with Crippen LogP contribution in [-0.2, 0) is 9.59 Å². The fourth-order valence-corrected chi connectivity index (χ4v) is 2.38. The molecular weight excluding hydrogens is 274 g/mol. The molecule has 0 bridgehead atoms. The predicted octanol–water partition coefficient (Wildman–Crippen LogP) is 0.494. The molecule has 1 aliphatic rings. The van der Waals surface area contributed by atoms with Gasteiger partial charge >= 0.3 is 5.97 Å². The molecule has 0 saturated carbocycles. The van der Waals surface area contributed by atoms with Crippen molar-refractivity contribution in [1.29, 1.82) is 0 Å². The lowest BCUT2D eigenvalue weighted by Crippen LogP contribution is -2.44. The molecule has 0 spiro atoms. The summed E-state index contributed by atoms with van der Waals surface area (Å²) in [5.74, 6) is -0.698. The SMILES string of the molecule is CC1=C(C(=O)N(C)C(C)C(=O)O)C(C)n2ncnc2N1C. The number of aliphatic carboxylic acids is 1. The third-order valence-electron chi connectivity index (χ3n) is 4.02. The number of carboxylic acid groups (broad SMARTS) is 1. The van der Waals surface area contributed by atoms with Gasteiger partial charge in [0.05, 0.1) is 11.6 Å². The summed E-state index contributed by atoms with van der Waals surface area (Å²) in [6, 6.07) is -1.19. The Morgan fingerprint density at radius 3 is 2.67 bits per heavy atom. The first-order valence-electron chi connectivity index (χ1n) is 6.61. The number of amides is 1. The van der Waals surface area contributed by atoms with E-state index in [-0.39, 0.29) is 11.9 Å². The lowest BCUT2D eigenvalue weighted by molar-refractivity contribution is -0.147. The number of rotatable bonds is 3. The summed E-state index contributed by atoms with van der Waals surface area (Å²) in [6.07, 6.45) is 1.44. The average Bonchev–Trinajstić information content (AvgIpc) is 2.93. The molecule has 1 aromatic heterocycles. The van der Waals surface area contributed by atoms with Crippen molar-refractivity contribution >= 4 is 17.8 Å². The van der Waals surface area contributed by atoms with Crippen LogP contribution in [0.25, 0.3) is 0 Å². The van der Waals surface area contributed by atoms with E-state index in [1.165, 1.54) is 25.2 Å². The minimum absolute atomic E-state index is 0.297. The van der Waals surface area contributed by atoms with E-state index in [9.17, 15) is 9.59 Å². The molecule has 0 saturated heterocycles. The third kappa shape index (κ3) is 2.26. The van der Waals surface area contributed by atoms with Crippen molar-refractivity contribution in [2.75, 3.05) is 19.0 Å². The highest BCUT2D eigenvalue weighted by Crippen LogP contribution is 2.33. The molecule has 0 radical (unpaired) electrons. The Kier molecular flexibility index (Phi) is 3.71. The Bertz CT molecular complexity index is 621. The van der Waals surface area contributed by atoms with Crippen LogP contribution in [0.15, 0.2) is 17.6 Å². The maximum Gasteiger partial charge on any atom is 0.326 e. The minimum Gasteiger partial charge on any atom is -0.480 e. The first-order valence-corrected chi connectivity index (χ1v) is 6.61. The van der Waals surface area contributed by atoms with Crippen LogP contribution >= 0.6 is 0 Å². The van der Waals surface area contributed by atoms with Crippen molar-refractivity contribution in [3.8, 4) is 0 Å². The highest BCUT2D eigenvalue weighted by Gasteiger charge is 2.35. The third-order valence-corrected chi connectivity index (χ3v) is 4.02. The first kappa shape index (κ1) is 15.0. The zero-order valence-electron chi connectivity index (χ0n) is 12.7. The molecule has 2 heterocycles. The van der Waals surface area contributed by atoms with E-state index in [0.29, 0.717) is 11.5 Å². The van der Waals surface area contributed by atoms with Gasteiger partial charge in [0.1, 0.15) is 12.4 Å². The lowest BCUT2D eigenvalue weighted by Gasteiger charge is -2.34. The average molecular weight is 293 g/mol. The molecule has 1 aliphatic heterocycles. The zero-order chi connectivity index (χ0) is 15.9. The molecule has 1 amide bonds. The van der Waals surface area contributed by atoms with Crippen molar-refractivity contribution in [2.45, 2.75) is 32.9 Å². The molecular formula is C13H19N5O3. The topological polar surface area (TPSA) is 91.6 Å². The van der Waals surface area contributed by atoms with Crippen LogP contribution in [-0.4, -0.2) is 56.8 Å². The number of carbonyl (C=O) groups is 2. The van der Waals surface area contributed by atoms with E-state index >= 15 is 0 Å². The van der Waals surface area contributed by atoms with Gasteiger partial charge in [-0.3, -0.25) is 4.79 Å². The number of nitrogens with zero attached hydrogens (tertiary/aromatic N) is 5. The smallest absolute Gasteiger partial charge is 0.326 e. The van der Waals surface area contributed by atoms with Crippen LogP contribution in [0.4, 0.5) is 5.95 Å². The molecule has 8 heteroatoms. The number of carboxylic acids is 1. The Morgan fingerprint density at radius 2 is 2.10 bits per heavy atom. The van der Waals surface area contributed by atoms with E-state index in [4.69, 9.17) is 5.11 Å². The first-order chi connectivity index (χ1) is 9.77. The van der Waals surface area contributed by atoms with Gasteiger partial charge in [0.25, 0.3) is 5.91 Å². The Labute approximate surface area is 122 Å². The molecule has 0 aliphatic carbocycles. The van der Waals surface area contributed by atoms with E-state index in [0.717, 1.165) is 5.70 Å². The standard InChI is InChI=1S/C13H19N5O3/c1-7-10(11(19)16(4)9(3)12(20)21)8(2)18-13(17(7)5)14-6-15-18/h6,8-9H,1-5H3,(H,20,21). The number of fused-ring (bicyclic) bond motifs is 1.